The molecular weight excluding hydrogens is 949 g/mol. The molecule has 0 radical (unpaired) electrons. The predicted molar refractivity (Wildman–Crippen MR) is 334 cm³/mol. The third-order valence-corrected chi connectivity index (χ3v) is 12.5. The summed E-state index contributed by atoms with van der Waals surface area (Å²) in [6.45, 7) is 6.26. The average Bonchev–Trinajstić information content (AvgIpc) is 3.43. The highest BCUT2D eigenvalue weighted by Gasteiger charge is 2.19. The van der Waals surface area contributed by atoms with E-state index in [0.29, 0.717) is 12.8 Å². The normalized spacial score (nSPS) is 13.2. The molecule has 0 heterocycles. The SMILES string of the molecule is CC/C=C\C/C=C\C/C=C\C/C=C\C/C=C\C/C=C\CCCCCCCCC(=O)OCC(COC(=O)CCCCCCCCC/C=C\C/C=C\C/C=C\CC)OC(=O)CCCCCC/C=C\C/C=C\C/C=C\C/C=C\CC. The highest BCUT2D eigenvalue weighted by molar-refractivity contribution is 5.71. The number of rotatable bonds is 54. The van der Waals surface area contributed by atoms with Crippen molar-refractivity contribution < 1.29 is 28.6 Å². The summed E-state index contributed by atoms with van der Waals surface area (Å²) in [6, 6.07) is 0. The summed E-state index contributed by atoms with van der Waals surface area (Å²) in [6.07, 6.45) is 92.3. The third-order valence-electron chi connectivity index (χ3n) is 12.5. The first kappa shape index (κ1) is 72.0. The Morgan fingerprint density at radius 1 is 0.260 bits per heavy atom. The van der Waals surface area contributed by atoms with Gasteiger partial charge in [0, 0.05) is 19.3 Å². The molecule has 0 aromatic rings. The van der Waals surface area contributed by atoms with Gasteiger partial charge < -0.3 is 14.2 Å². The lowest BCUT2D eigenvalue weighted by molar-refractivity contribution is -0.167. The Kier molecular flexibility index (Phi) is 59.5. The van der Waals surface area contributed by atoms with Gasteiger partial charge in [-0.3, -0.25) is 14.4 Å². The standard InChI is InChI=1S/C71H112O6/c1-4-7-10-13-16-19-22-25-28-31-32-33-34-35-36-37-38-41-43-46-49-52-55-58-61-64-70(73)76-67-68(77-71(74)65-62-59-56-53-50-47-44-40-30-27-24-21-18-15-12-9-6-3)66-75-69(72)63-60-57-54-51-48-45-42-39-29-26-23-20-17-14-11-8-5-2/h7-12,16-21,25-30,32-33,35-36,38,41,44,47,68H,4-6,13-15,22-24,31,34,37,39-40,42-43,45-46,48-67H2,1-3H3/b10-7-,11-8-,12-9-,19-16-,20-17-,21-18-,28-25-,29-26-,30-27-,33-32-,36-35-,41-38-,47-44-. The van der Waals surface area contributed by atoms with E-state index in [0.717, 1.165) is 173 Å². The fraction of sp³-hybridized carbons (Fsp3) is 0.592. The van der Waals surface area contributed by atoms with Gasteiger partial charge in [0.1, 0.15) is 13.2 Å². The first-order chi connectivity index (χ1) is 38.0. The van der Waals surface area contributed by atoms with Crippen LogP contribution < -0.4 is 0 Å². The monoisotopic (exact) mass is 1060 g/mol. The van der Waals surface area contributed by atoms with Crippen molar-refractivity contribution in [3.8, 4) is 0 Å². The van der Waals surface area contributed by atoms with Gasteiger partial charge in [0.25, 0.3) is 0 Å². The maximum Gasteiger partial charge on any atom is 0.306 e. The van der Waals surface area contributed by atoms with Gasteiger partial charge in [-0.1, -0.05) is 249 Å². The predicted octanol–water partition coefficient (Wildman–Crippen LogP) is 21.3. The van der Waals surface area contributed by atoms with E-state index >= 15 is 0 Å². The summed E-state index contributed by atoms with van der Waals surface area (Å²) in [7, 11) is 0. The molecule has 0 saturated heterocycles. The fourth-order valence-corrected chi connectivity index (χ4v) is 7.98. The molecule has 1 atom stereocenters. The molecule has 0 aromatic heterocycles. The van der Waals surface area contributed by atoms with Crippen LogP contribution in [0.2, 0.25) is 0 Å². The largest absolute Gasteiger partial charge is 0.462 e. The van der Waals surface area contributed by atoms with Crippen LogP contribution >= 0.6 is 0 Å². The van der Waals surface area contributed by atoms with Crippen molar-refractivity contribution in [2.45, 2.75) is 258 Å². The van der Waals surface area contributed by atoms with E-state index in [-0.39, 0.29) is 37.5 Å². The highest BCUT2D eigenvalue weighted by atomic mass is 16.6. The molecule has 0 bridgehead atoms. The maximum absolute atomic E-state index is 12.9. The molecule has 0 amide bonds. The number of ether oxygens (including phenoxy) is 3. The van der Waals surface area contributed by atoms with E-state index in [1.165, 1.54) is 38.5 Å². The first-order valence-electron chi connectivity index (χ1n) is 31.0. The van der Waals surface area contributed by atoms with E-state index in [9.17, 15) is 14.4 Å². The van der Waals surface area contributed by atoms with Gasteiger partial charge in [0.15, 0.2) is 6.10 Å². The van der Waals surface area contributed by atoms with E-state index in [1.54, 1.807) is 0 Å². The smallest absolute Gasteiger partial charge is 0.306 e. The molecule has 0 aliphatic rings. The highest BCUT2D eigenvalue weighted by Crippen LogP contribution is 2.14. The Hall–Kier alpha value is -4.97. The second-order valence-electron chi connectivity index (χ2n) is 19.8. The minimum absolute atomic E-state index is 0.105. The van der Waals surface area contributed by atoms with Crippen LogP contribution in [-0.2, 0) is 28.6 Å². The van der Waals surface area contributed by atoms with Crippen LogP contribution in [0, 0.1) is 0 Å². The average molecular weight is 1060 g/mol. The van der Waals surface area contributed by atoms with E-state index in [1.807, 2.05) is 0 Å². The molecule has 432 valence electrons. The summed E-state index contributed by atoms with van der Waals surface area (Å²) >= 11 is 0. The van der Waals surface area contributed by atoms with E-state index < -0.39 is 6.10 Å². The van der Waals surface area contributed by atoms with Crippen LogP contribution in [0.3, 0.4) is 0 Å². The van der Waals surface area contributed by atoms with Crippen molar-refractivity contribution in [3.05, 3.63) is 158 Å². The summed E-state index contributed by atoms with van der Waals surface area (Å²) < 4.78 is 16.9. The van der Waals surface area contributed by atoms with E-state index in [2.05, 4.69) is 179 Å². The van der Waals surface area contributed by atoms with Crippen molar-refractivity contribution in [2.75, 3.05) is 13.2 Å². The van der Waals surface area contributed by atoms with Gasteiger partial charge in [-0.25, -0.2) is 0 Å². The molecule has 0 saturated carbocycles. The molecule has 0 aliphatic carbocycles. The maximum atomic E-state index is 12.9. The van der Waals surface area contributed by atoms with Gasteiger partial charge in [-0.15, -0.1) is 0 Å². The zero-order valence-electron chi connectivity index (χ0n) is 49.4. The number of carbonyl (C=O) groups is 3. The zero-order valence-corrected chi connectivity index (χ0v) is 49.4. The van der Waals surface area contributed by atoms with Gasteiger partial charge in [-0.05, 0) is 141 Å². The molecule has 6 nitrogen and oxygen atoms in total. The van der Waals surface area contributed by atoms with Crippen molar-refractivity contribution in [1.29, 1.82) is 0 Å². The first-order valence-corrected chi connectivity index (χ1v) is 31.0. The number of hydrogen-bond donors (Lipinski definition) is 0. The molecule has 0 N–H and O–H groups in total. The van der Waals surface area contributed by atoms with Gasteiger partial charge in [-0.2, -0.15) is 0 Å². The number of hydrogen-bond acceptors (Lipinski definition) is 6. The van der Waals surface area contributed by atoms with Gasteiger partial charge in [0.05, 0.1) is 0 Å². The zero-order chi connectivity index (χ0) is 55.7. The Morgan fingerprint density at radius 3 is 0.727 bits per heavy atom. The molecule has 0 spiro atoms. The Balaban J connectivity index is 4.48. The van der Waals surface area contributed by atoms with Crippen molar-refractivity contribution in [1.82, 2.24) is 0 Å². The van der Waals surface area contributed by atoms with Gasteiger partial charge in [0.2, 0.25) is 0 Å². The Bertz CT molecular complexity index is 1740. The van der Waals surface area contributed by atoms with Crippen LogP contribution in [0.25, 0.3) is 0 Å². The number of unbranched alkanes of at least 4 members (excludes halogenated alkanes) is 17. The lowest BCUT2D eigenvalue weighted by Gasteiger charge is -2.18. The molecule has 77 heavy (non-hydrogen) atoms. The number of esters is 3. The topological polar surface area (TPSA) is 78.9 Å². The number of allylic oxidation sites excluding steroid dienone is 26. The van der Waals surface area contributed by atoms with Crippen molar-refractivity contribution >= 4 is 17.9 Å². The molecular formula is C71H112O6. The molecule has 1 unspecified atom stereocenters. The summed E-state index contributed by atoms with van der Waals surface area (Å²) in [4.78, 5) is 38.3. The van der Waals surface area contributed by atoms with Crippen LogP contribution in [0.15, 0.2) is 158 Å². The van der Waals surface area contributed by atoms with Gasteiger partial charge >= 0.3 is 17.9 Å². The van der Waals surface area contributed by atoms with Crippen LogP contribution in [0.1, 0.15) is 252 Å². The summed E-state index contributed by atoms with van der Waals surface area (Å²) in [5.74, 6) is -0.957. The summed E-state index contributed by atoms with van der Waals surface area (Å²) in [5.41, 5.74) is 0. The summed E-state index contributed by atoms with van der Waals surface area (Å²) in [5, 5.41) is 0. The number of carbonyl (C=O) groups excluding carboxylic acids is 3. The van der Waals surface area contributed by atoms with Crippen molar-refractivity contribution in [2.24, 2.45) is 0 Å². The van der Waals surface area contributed by atoms with Crippen LogP contribution in [0.4, 0.5) is 0 Å². The second kappa shape index (κ2) is 63.6. The third kappa shape index (κ3) is 61.8. The molecule has 0 aromatic carbocycles. The van der Waals surface area contributed by atoms with E-state index in [4.69, 9.17) is 14.2 Å². The lowest BCUT2D eigenvalue weighted by atomic mass is 10.1. The Labute approximate surface area is 473 Å². The lowest BCUT2D eigenvalue weighted by Crippen LogP contribution is -2.30. The molecule has 6 heteroatoms. The van der Waals surface area contributed by atoms with Crippen LogP contribution in [0.5, 0.6) is 0 Å². The quantitative estimate of drug-likeness (QED) is 0.0261. The Morgan fingerprint density at radius 2 is 0.468 bits per heavy atom. The minimum atomic E-state index is -0.811. The molecule has 0 aliphatic heterocycles. The van der Waals surface area contributed by atoms with Crippen molar-refractivity contribution in [3.63, 3.8) is 0 Å². The molecule has 0 rings (SSSR count). The fourth-order valence-electron chi connectivity index (χ4n) is 7.98. The van der Waals surface area contributed by atoms with Crippen LogP contribution in [-0.4, -0.2) is 37.2 Å². The minimum Gasteiger partial charge on any atom is -0.462 e. The molecule has 0 fully saturated rings. The second-order valence-corrected chi connectivity index (χ2v) is 19.8.